The van der Waals surface area contributed by atoms with Gasteiger partial charge in [-0.2, -0.15) is 12.6 Å². The molecule has 1 heterocycles. The first-order valence-corrected chi connectivity index (χ1v) is 7.22. The molecular weight excluding hydrogens is 332 g/mol. The number of hydrogen-bond donors (Lipinski definition) is 1. The minimum absolute atomic E-state index is 0.0190. The maximum Gasteiger partial charge on any atom is 0.270 e. The fourth-order valence-electron chi connectivity index (χ4n) is 2.29. The molecule has 0 saturated carbocycles. The van der Waals surface area contributed by atoms with Crippen molar-refractivity contribution in [1.82, 2.24) is 0 Å². The van der Waals surface area contributed by atoms with E-state index in [1.807, 2.05) is 0 Å². The zero-order valence-electron chi connectivity index (χ0n) is 10.3. The van der Waals surface area contributed by atoms with Gasteiger partial charge in [-0.1, -0.05) is 0 Å². The molecule has 1 aromatic rings. The van der Waals surface area contributed by atoms with E-state index in [1.54, 1.807) is 11.8 Å². The molecular formula is C12H13BrN2O3S. The fourth-order valence-corrected chi connectivity index (χ4v) is 3.29. The SMILES string of the molecule is Cc1cc([N+](=O)[O-])cc(Br)c1N1CC(CS)CC1=O. The van der Waals surface area contributed by atoms with Gasteiger partial charge < -0.3 is 4.90 Å². The second-order valence-electron chi connectivity index (χ2n) is 4.61. The monoisotopic (exact) mass is 344 g/mol. The maximum atomic E-state index is 12.0. The first kappa shape index (κ1) is 14.3. The lowest BCUT2D eigenvalue weighted by molar-refractivity contribution is -0.385. The Morgan fingerprint density at radius 2 is 2.26 bits per heavy atom. The Morgan fingerprint density at radius 3 is 2.74 bits per heavy atom. The molecule has 7 heteroatoms. The number of anilines is 1. The maximum absolute atomic E-state index is 12.0. The van der Waals surface area contributed by atoms with Gasteiger partial charge in [-0.3, -0.25) is 14.9 Å². The zero-order valence-corrected chi connectivity index (χ0v) is 12.8. The highest BCUT2D eigenvalue weighted by Gasteiger charge is 2.32. The molecule has 1 aliphatic heterocycles. The summed E-state index contributed by atoms with van der Waals surface area (Å²) in [6, 6.07) is 2.92. The van der Waals surface area contributed by atoms with Crippen LogP contribution in [0, 0.1) is 23.0 Å². The van der Waals surface area contributed by atoms with Crippen molar-refractivity contribution in [3.63, 3.8) is 0 Å². The molecule has 1 fully saturated rings. The average Bonchev–Trinajstić information content (AvgIpc) is 2.70. The van der Waals surface area contributed by atoms with Crippen LogP contribution in [0.1, 0.15) is 12.0 Å². The lowest BCUT2D eigenvalue weighted by Gasteiger charge is -2.20. The van der Waals surface area contributed by atoms with Crippen LogP contribution >= 0.6 is 28.6 Å². The number of thiol groups is 1. The summed E-state index contributed by atoms with van der Waals surface area (Å²) in [5.41, 5.74) is 1.46. The second kappa shape index (κ2) is 5.50. The third-order valence-electron chi connectivity index (χ3n) is 3.18. The molecule has 1 unspecified atom stereocenters. The predicted molar refractivity (Wildman–Crippen MR) is 79.8 cm³/mol. The zero-order chi connectivity index (χ0) is 14.2. The van der Waals surface area contributed by atoms with Crippen LogP contribution in [0.15, 0.2) is 16.6 Å². The first-order chi connectivity index (χ1) is 8.93. The van der Waals surface area contributed by atoms with Gasteiger partial charge >= 0.3 is 0 Å². The van der Waals surface area contributed by atoms with Crippen molar-refractivity contribution in [3.8, 4) is 0 Å². The number of benzene rings is 1. The van der Waals surface area contributed by atoms with E-state index >= 15 is 0 Å². The molecule has 5 nitrogen and oxygen atoms in total. The number of amides is 1. The smallest absolute Gasteiger partial charge is 0.270 e. The van der Waals surface area contributed by atoms with Crippen LogP contribution in [-0.2, 0) is 4.79 Å². The molecule has 0 radical (unpaired) electrons. The van der Waals surface area contributed by atoms with E-state index in [0.29, 0.717) is 28.8 Å². The molecule has 1 atom stereocenters. The highest BCUT2D eigenvalue weighted by molar-refractivity contribution is 9.10. The van der Waals surface area contributed by atoms with Gasteiger partial charge in [-0.05, 0) is 40.1 Å². The van der Waals surface area contributed by atoms with E-state index in [1.165, 1.54) is 12.1 Å². The predicted octanol–water partition coefficient (Wildman–Crippen LogP) is 2.95. The standard InChI is InChI=1S/C12H13BrN2O3S/c1-7-2-9(15(17)18)4-10(13)12(7)14-5-8(6-19)3-11(14)16/h2,4,8,19H,3,5-6H2,1H3. The highest BCUT2D eigenvalue weighted by Crippen LogP contribution is 2.37. The van der Waals surface area contributed by atoms with Gasteiger partial charge in [0.25, 0.3) is 5.69 Å². The average molecular weight is 345 g/mol. The molecule has 1 amide bonds. The van der Waals surface area contributed by atoms with Crippen molar-refractivity contribution in [1.29, 1.82) is 0 Å². The second-order valence-corrected chi connectivity index (χ2v) is 5.83. The summed E-state index contributed by atoms with van der Waals surface area (Å²) in [6.07, 6.45) is 0.479. The van der Waals surface area contributed by atoms with Crippen molar-refractivity contribution in [2.24, 2.45) is 5.92 Å². The number of rotatable bonds is 3. The number of hydrogen-bond acceptors (Lipinski definition) is 4. The van der Waals surface area contributed by atoms with Gasteiger partial charge in [-0.15, -0.1) is 0 Å². The van der Waals surface area contributed by atoms with Gasteiger partial charge in [-0.25, -0.2) is 0 Å². The molecule has 1 aliphatic rings. The van der Waals surface area contributed by atoms with Crippen molar-refractivity contribution in [3.05, 3.63) is 32.3 Å². The van der Waals surface area contributed by atoms with Crippen molar-refractivity contribution in [2.45, 2.75) is 13.3 Å². The lowest BCUT2D eigenvalue weighted by atomic mass is 10.1. The van der Waals surface area contributed by atoms with Crippen molar-refractivity contribution < 1.29 is 9.72 Å². The molecule has 0 aromatic heterocycles. The third kappa shape index (κ3) is 2.76. The molecule has 1 saturated heterocycles. The molecule has 19 heavy (non-hydrogen) atoms. The Hall–Kier alpha value is -1.08. The minimum atomic E-state index is -0.441. The Kier molecular flexibility index (Phi) is 4.15. The summed E-state index contributed by atoms with van der Waals surface area (Å²) in [6.45, 7) is 2.38. The number of carbonyl (C=O) groups excluding carboxylic acids is 1. The Bertz CT molecular complexity index is 527. The Morgan fingerprint density at radius 1 is 1.58 bits per heavy atom. The summed E-state index contributed by atoms with van der Waals surface area (Å²) >= 11 is 7.55. The topological polar surface area (TPSA) is 63.5 Å². The number of halogens is 1. The first-order valence-electron chi connectivity index (χ1n) is 5.79. The van der Waals surface area contributed by atoms with Crippen LogP contribution in [-0.4, -0.2) is 23.1 Å². The summed E-state index contributed by atoms with van der Waals surface area (Å²) in [4.78, 5) is 24.0. The van der Waals surface area contributed by atoms with Crippen molar-refractivity contribution in [2.75, 3.05) is 17.2 Å². The third-order valence-corrected chi connectivity index (χ3v) is 4.30. The number of nitro benzene ring substituents is 1. The van der Waals surface area contributed by atoms with E-state index in [2.05, 4.69) is 28.6 Å². The van der Waals surface area contributed by atoms with E-state index in [-0.39, 0.29) is 17.5 Å². The van der Waals surface area contributed by atoms with E-state index in [9.17, 15) is 14.9 Å². The summed E-state index contributed by atoms with van der Waals surface area (Å²) in [5.74, 6) is 0.931. The van der Waals surface area contributed by atoms with Gasteiger partial charge in [0, 0.05) is 29.6 Å². The van der Waals surface area contributed by atoms with Crippen LogP contribution in [0.5, 0.6) is 0 Å². The number of nitrogens with zero attached hydrogens (tertiary/aromatic N) is 2. The molecule has 0 spiro atoms. The van der Waals surface area contributed by atoms with Gasteiger partial charge in [0.05, 0.1) is 10.6 Å². The van der Waals surface area contributed by atoms with Crippen LogP contribution in [0.25, 0.3) is 0 Å². The summed E-state index contributed by atoms with van der Waals surface area (Å²) < 4.78 is 0.576. The number of aryl methyl sites for hydroxylation is 1. The molecule has 2 rings (SSSR count). The summed E-state index contributed by atoms with van der Waals surface area (Å²) in [7, 11) is 0. The number of nitro groups is 1. The number of carbonyl (C=O) groups is 1. The quantitative estimate of drug-likeness (QED) is 0.520. The highest BCUT2D eigenvalue weighted by atomic mass is 79.9. The fraction of sp³-hybridized carbons (Fsp3) is 0.417. The molecule has 102 valence electrons. The molecule has 0 aliphatic carbocycles. The largest absolute Gasteiger partial charge is 0.311 e. The van der Waals surface area contributed by atoms with Crippen LogP contribution in [0.4, 0.5) is 11.4 Å². The van der Waals surface area contributed by atoms with Gasteiger partial charge in [0.15, 0.2) is 0 Å². The number of non-ortho nitro benzene ring substituents is 1. The normalized spacial score (nSPS) is 19.0. The van der Waals surface area contributed by atoms with Crippen LogP contribution in [0.3, 0.4) is 0 Å². The van der Waals surface area contributed by atoms with Gasteiger partial charge in [0.1, 0.15) is 0 Å². The van der Waals surface area contributed by atoms with E-state index in [4.69, 9.17) is 0 Å². The Balaban J connectivity index is 2.41. The molecule has 1 aromatic carbocycles. The van der Waals surface area contributed by atoms with Gasteiger partial charge in [0.2, 0.25) is 5.91 Å². The van der Waals surface area contributed by atoms with E-state index in [0.717, 1.165) is 5.69 Å². The minimum Gasteiger partial charge on any atom is -0.311 e. The summed E-state index contributed by atoms with van der Waals surface area (Å²) in [5, 5.41) is 10.8. The van der Waals surface area contributed by atoms with Crippen LogP contribution in [0.2, 0.25) is 0 Å². The molecule has 0 N–H and O–H groups in total. The van der Waals surface area contributed by atoms with Crippen LogP contribution < -0.4 is 4.90 Å². The van der Waals surface area contributed by atoms with Crippen molar-refractivity contribution >= 4 is 45.8 Å². The lowest BCUT2D eigenvalue weighted by Crippen LogP contribution is -2.26. The Labute approximate surface area is 124 Å². The molecule has 0 bridgehead atoms. The van der Waals surface area contributed by atoms with E-state index < -0.39 is 4.92 Å².